The van der Waals surface area contributed by atoms with Gasteiger partial charge in [-0.2, -0.15) is 0 Å². The summed E-state index contributed by atoms with van der Waals surface area (Å²) in [5.74, 6) is 1.81. The molecular weight excluding hydrogens is 533 g/mol. The van der Waals surface area contributed by atoms with Crippen molar-refractivity contribution in [3.05, 3.63) is 54.8 Å². The molecule has 2 aromatic heterocycles. The first-order valence-electron chi connectivity index (χ1n) is 11.1. The number of pyridine rings is 1. The second-order valence-electron chi connectivity index (χ2n) is 8.53. The van der Waals surface area contributed by atoms with Gasteiger partial charge in [0.15, 0.2) is 5.96 Å². The van der Waals surface area contributed by atoms with Gasteiger partial charge in [-0.1, -0.05) is 18.2 Å². The van der Waals surface area contributed by atoms with Gasteiger partial charge in [0.1, 0.15) is 12.1 Å². The van der Waals surface area contributed by atoms with Crippen molar-refractivity contribution in [2.24, 2.45) is 28.7 Å². The molecule has 4 unspecified atom stereocenters. The molecule has 1 saturated carbocycles. The first kappa shape index (κ1) is 23.4. The van der Waals surface area contributed by atoms with Crippen LogP contribution in [0, 0.1) is 23.7 Å². The highest BCUT2D eigenvalue weighted by molar-refractivity contribution is 14.0. The summed E-state index contributed by atoms with van der Waals surface area (Å²) in [6.07, 6.45) is 13.0. The van der Waals surface area contributed by atoms with E-state index >= 15 is 0 Å². The number of hydrogen-bond donors (Lipinski definition) is 2. The number of rotatable bonds is 7. The molecule has 0 spiro atoms. The highest BCUT2D eigenvalue weighted by atomic mass is 127. The highest BCUT2D eigenvalue weighted by Gasteiger charge is 2.58. The molecule has 174 valence electrons. The van der Waals surface area contributed by atoms with Gasteiger partial charge in [0.2, 0.25) is 11.8 Å². The van der Waals surface area contributed by atoms with E-state index in [0.29, 0.717) is 32.0 Å². The standard InChI is InChI=1S/C23H27N7O2.HI/c1-24-23(28-13-15-3-6-18(27-12-15)29-10-8-25-14-29)26-7-2-9-30-21(31)19-16-4-5-17(11-16)20(19)22(30)32;/h3-6,8,10,12,14,16-17,19-20H,2,7,9,11,13H2,1H3,(H2,24,26,28);1H. The van der Waals surface area contributed by atoms with Crippen LogP contribution in [0.1, 0.15) is 18.4 Å². The van der Waals surface area contributed by atoms with Crippen molar-refractivity contribution in [1.82, 2.24) is 30.1 Å². The van der Waals surface area contributed by atoms with Gasteiger partial charge < -0.3 is 10.6 Å². The van der Waals surface area contributed by atoms with Crippen LogP contribution in [0.25, 0.3) is 5.82 Å². The minimum Gasteiger partial charge on any atom is -0.356 e. The van der Waals surface area contributed by atoms with Gasteiger partial charge >= 0.3 is 0 Å². The van der Waals surface area contributed by atoms with Crippen molar-refractivity contribution in [3.63, 3.8) is 0 Å². The van der Waals surface area contributed by atoms with Gasteiger partial charge in [-0.3, -0.25) is 24.0 Å². The number of nitrogens with one attached hydrogen (secondary N) is 2. The highest BCUT2D eigenvalue weighted by Crippen LogP contribution is 2.52. The summed E-state index contributed by atoms with van der Waals surface area (Å²) in [6, 6.07) is 3.95. The lowest BCUT2D eigenvalue weighted by Gasteiger charge is -2.18. The third-order valence-electron chi connectivity index (χ3n) is 6.67. The van der Waals surface area contributed by atoms with Crippen LogP contribution >= 0.6 is 24.0 Å². The fraction of sp³-hybridized carbons (Fsp3) is 0.435. The lowest BCUT2D eigenvalue weighted by Crippen LogP contribution is -2.39. The van der Waals surface area contributed by atoms with Crippen LogP contribution < -0.4 is 10.6 Å². The molecule has 2 aliphatic carbocycles. The number of amides is 2. The number of allylic oxidation sites excluding steroid dienone is 2. The predicted molar refractivity (Wildman–Crippen MR) is 134 cm³/mol. The van der Waals surface area contributed by atoms with Gasteiger partial charge in [0, 0.05) is 45.3 Å². The minimum atomic E-state index is -0.117. The maximum Gasteiger partial charge on any atom is 0.233 e. The molecule has 2 N–H and O–H groups in total. The van der Waals surface area contributed by atoms with E-state index in [1.165, 1.54) is 4.90 Å². The molecule has 2 aromatic rings. The van der Waals surface area contributed by atoms with Gasteiger partial charge in [0.05, 0.1) is 11.8 Å². The van der Waals surface area contributed by atoms with E-state index in [1.807, 2.05) is 29.1 Å². The number of imide groups is 1. The molecule has 0 aromatic carbocycles. The van der Waals surface area contributed by atoms with E-state index < -0.39 is 0 Å². The topological polar surface area (TPSA) is 105 Å². The van der Waals surface area contributed by atoms with Crippen molar-refractivity contribution in [1.29, 1.82) is 0 Å². The molecule has 3 heterocycles. The Kier molecular flexibility index (Phi) is 7.11. The van der Waals surface area contributed by atoms with Crippen LogP contribution in [0.2, 0.25) is 0 Å². The number of carbonyl (C=O) groups is 2. The summed E-state index contributed by atoms with van der Waals surface area (Å²) in [6.45, 7) is 1.65. The summed E-state index contributed by atoms with van der Waals surface area (Å²) in [7, 11) is 1.72. The first-order chi connectivity index (χ1) is 15.7. The summed E-state index contributed by atoms with van der Waals surface area (Å²) in [5, 5.41) is 6.51. The third kappa shape index (κ3) is 4.53. The van der Waals surface area contributed by atoms with Crippen molar-refractivity contribution in [2.45, 2.75) is 19.4 Å². The number of carbonyl (C=O) groups excluding carboxylic acids is 2. The number of aromatic nitrogens is 3. The number of aliphatic imine (C=N–C) groups is 1. The van der Waals surface area contributed by atoms with Crippen LogP contribution in [0.3, 0.4) is 0 Å². The average molecular weight is 561 g/mol. The molecule has 2 fully saturated rings. The van der Waals surface area contributed by atoms with E-state index in [0.717, 1.165) is 17.8 Å². The van der Waals surface area contributed by atoms with Crippen molar-refractivity contribution in [3.8, 4) is 5.82 Å². The Bertz CT molecular complexity index is 1020. The smallest absolute Gasteiger partial charge is 0.233 e. The summed E-state index contributed by atoms with van der Waals surface area (Å²) >= 11 is 0. The number of likely N-dealkylation sites (tertiary alicyclic amines) is 1. The zero-order chi connectivity index (χ0) is 22.1. The largest absolute Gasteiger partial charge is 0.356 e. The lowest BCUT2D eigenvalue weighted by atomic mass is 9.85. The van der Waals surface area contributed by atoms with Crippen molar-refractivity contribution in [2.75, 3.05) is 20.1 Å². The zero-order valence-corrected chi connectivity index (χ0v) is 20.8. The maximum atomic E-state index is 12.7. The number of fused-ring (bicyclic) bond motifs is 5. The van der Waals surface area contributed by atoms with Gasteiger partial charge in [-0.15, -0.1) is 24.0 Å². The summed E-state index contributed by atoms with van der Waals surface area (Å²) < 4.78 is 1.85. The molecule has 9 nitrogen and oxygen atoms in total. The fourth-order valence-corrected chi connectivity index (χ4v) is 5.10. The third-order valence-corrected chi connectivity index (χ3v) is 6.67. The van der Waals surface area contributed by atoms with E-state index in [1.54, 1.807) is 19.6 Å². The molecule has 3 aliphatic rings. The maximum absolute atomic E-state index is 12.7. The molecule has 4 atom stereocenters. The number of imidazole rings is 1. The zero-order valence-electron chi connectivity index (χ0n) is 18.4. The van der Waals surface area contributed by atoms with Crippen LogP contribution in [0.5, 0.6) is 0 Å². The fourth-order valence-electron chi connectivity index (χ4n) is 5.10. The lowest BCUT2D eigenvalue weighted by molar-refractivity contribution is -0.140. The Morgan fingerprint density at radius 3 is 2.52 bits per heavy atom. The predicted octanol–water partition coefficient (Wildman–Crippen LogP) is 1.75. The minimum absolute atomic E-state index is 0. The van der Waals surface area contributed by atoms with Crippen LogP contribution in [-0.2, 0) is 16.1 Å². The van der Waals surface area contributed by atoms with Crippen molar-refractivity contribution >= 4 is 41.8 Å². The van der Waals surface area contributed by atoms with E-state index in [-0.39, 0.29) is 59.5 Å². The molecule has 2 bridgehead atoms. The molecule has 5 rings (SSSR count). The molecule has 0 radical (unpaired) electrons. The van der Waals surface area contributed by atoms with Crippen LogP contribution in [0.15, 0.2) is 54.2 Å². The Labute approximate surface area is 209 Å². The molecule has 10 heteroatoms. The van der Waals surface area contributed by atoms with E-state index in [9.17, 15) is 9.59 Å². The quantitative estimate of drug-likeness (QED) is 0.133. The Balaban J connectivity index is 0.00000259. The number of hydrogen-bond acceptors (Lipinski definition) is 5. The molecule has 33 heavy (non-hydrogen) atoms. The second kappa shape index (κ2) is 10.0. The monoisotopic (exact) mass is 561 g/mol. The Hall–Kier alpha value is -2.76. The normalized spacial score (nSPS) is 25.4. The number of guanidine groups is 1. The van der Waals surface area contributed by atoms with E-state index in [2.05, 4.69) is 37.7 Å². The Morgan fingerprint density at radius 1 is 1.15 bits per heavy atom. The molecular formula is C23H28IN7O2. The van der Waals surface area contributed by atoms with Gasteiger partial charge in [-0.25, -0.2) is 9.97 Å². The molecule has 1 aliphatic heterocycles. The summed E-state index contributed by atoms with van der Waals surface area (Å²) in [4.78, 5) is 39.7. The molecule has 2 amide bonds. The number of nitrogens with zero attached hydrogens (tertiary/aromatic N) is 5. The van der Waals surface area contributed by atoms with Crippen LogP contribution in [-0.4, -0.2) is 57.3 Å². The SMILES string of the molecule is CN=C(NCCCN1C(=O)C2C3C=CC(C3)C2C1=O)NCc1ccc(-n2ccnc2)nc1.I. The van der Waals surface area contributed by atoms with Gasteiger partial charge in [0.25, 0.3) is 0 Å². The number of halogens is 1. The second-order valence-corrected chi connectivity index (χ2v) is 8.53. The van der Waals surface area contributed by atoms with Gasteiger partial charge in [-0.05, 0) is 36.3 Å². The molecule has 1 saturated heterocycles. The summed E-state index contributed by atoms with van der Waals surface area (Å²) in [5.41, 5.74) is 1.03. The first-order valence-corrected chi connectivity index (χ1v) is 11.1. The average Bonchev–Trinajstić information content (AvgIpc) is 3.60. The van der Waals surface area contributed by atoms with E-state index in [4.69, 9.17) is 0 Å². The van der Waals surface area contributed by atoms with Crippen LogP contribution in [0.4, 0.5) is 0 Å². The Morgan fingerprint density at radius 2 is 1.91 bits per heavy atom. The van der Waals surface area contributed by atoms with Crippen molar-refractivity contribution < 1.29 is 9.59 Å².